The number of benzene rings is 1. The van der Waals surface area contributed by atoms with Crippen molar-refractivity contribution in [2.75, 3.05) is 0 Å². The number of hydrogen-bond donors (Lipinski definition) is 1. The first-order valence-corrected chi connectivity index (χ1v) is 6.94. The molecule has 112 valence electrons. The molecule has 0 amide bonds. The second kappa shape index (κ2) is 6.24. The fourth-order valence-electron chi connectivity index (χ4n) is 2.14. The molecule has 0 spiro atoms. The van der Waals surface area contributed by atoms with Crippen LogP contribution >= 0.6 is 11.6 Å². The first kappa shape index (κ1) is 15.5. The van der Waals surface area contributed by atoms with Crippen LogP contribution in [0.1, 0.15) is 25.1 Å². The van der Waals surface area contributed by atoms with Crippen molar-refractivity contribution in [1.82, 2.24) is 9.78 Å². The number of aromatic nitrogens is 2. The Kier molecular flexibility index (Phi) is 4.59. The lowest BCUT2D eigenvalue weighted by Gasteiger charge is -2.04. The van der Waals surface area contributed by atoms with Crippen molar-refractivity contribution in [1.29, 1.82) is 0 Å². The highest BCUT2D eigenvalue weighted by Crippen LogP contribution is 2.29. The molecule has 0 saturated carbocycles. The van der Waals surface area contributed by atoms with Gasteiger partial charge in [0.05, 0.1) is 17.2 Å². The Morgan fingerprint density at radius 1 is 1.43 bits per heavy atom. The molecule has 0 radical (unpaired) electrons. The van der Waals surface area contributed by atoms with E-state index in [0.29, 0.717) is 23.6 Å². The van der Waals surface area contributed by atoms with Gasteiger partial charge in [-0.15, -0.1) is 0 Å². The molecule has 1 aromatic carbocycles. The van der Waals surface area contributed by atoms with Gasteiger partial charge in [-0.05, 0) is 18.4 Å². The maximum Gasteiger partial charge on any atom is 0.294 e. The van der Waals surface area contributed by atoms with E-state index in [1.165, 1.54) is 10.7 Å². The van der Waals surface area contributed by atoms with Crippen LogP contribution in [0.15, 0.2) is 24.3 Å². The van der Waals surface area contributed by atoms with Crippen LogP contribution in [0, 0.1) is 16.0 Å². The van der Waals surface area contributed by atoms with Gasteiger partial charge in [-0.2, -0.15) is 5.10 Å². The molecule has 0 unspecified atom stereocenters. The van der Waals surface area contributed by atoms with Gasteiger partial charge >= 0.3 is 0 Å². The Labute approximate surface area is 127 Å². The summed E-state index contributed by atoms with van der Waals surface area (Å²) in [7, 11) is 0. The Hall–Kier alpha value is -1.92. The number of nitro groups is 1. The number of aliphatic hydroxyl groups excluding tert-OH is 1. The minimum Gasteiger partial charge on any atom is -0.391 e. The van der Waals surface area contributed by atoms with Gasteiger partial charge in [-0.1, -0.05) is 37.6 Å². The lowest BCUT2D eigenvalue weighted by molar-refractivity contribution is -0.384. The van der Waals surface area contributed by atoms with Crippen molar-refractivity contribution in [3.05, 3.63) is 50.8 Å². The third-order valence-corrected chi connectivity index (χ3v) is 3.46. The number of rotatable bonds is 5. The smallest absolute Gasteiger partial charge is 0.294 e. The van der Waals surface area contributed by atoms with Crippen molar-refractivity contribution >= 4 is 17.3 Å². The molecule has 21 heavy (non-hydrogen) atoms. The monoisotopic (exact) mass is 309 g/mol. The number of para-hydroxylation sites is 2. The topological polar surface area (TPSA) is 81.2 Å². The lowest BCUT2D eigenvalue weighted by Crippen LogP contribution is -2.03. The van der Waals surface area contributed by atoms with Gasteiger partial charge in [0, 0.05) is 11.6 Å². The van der Waals surface area contributed by atoms with E-state index < -0.39 is 4.92 Å². The molecule has 0 fully saturated rings. The summed E-state index contributed by atoms with van der Waals surface area (Å²) in [6.45, 7) is 3.81. The Morgan fingerprint density at radius 2 is 2.10 bits per heavy atom. The van der Waals surface area contributed by atoms with E-state index in [2.05, 4.69) is 5.10 Å². The fourth-order valence-corrected chi connectivity index (χ4v) is 2.43. The highest BCUT2D eigenvalue weighted by Gasteiger charge is 2.22. The highest BCUT2D eigenvalue weighted by atomic mass is 35.5. The van der Waals surface area contributed by atoms with E-state index >= 15 is 0 Å². The van der Waals surface area contributed by atoms with E-state index in [-0.39, 0.29) is 23.1 Å². The largest absolute Gasteiger partial charge is 0.391 e. The lowest BCUT2D eigenvalue weighted by atomic mass is 10.1. The summed E-state index contributed by atoms with van der Waals surface area (Å²) in [5.41, 5.74) is 1.39. The molecule has 0 aliphatic heterocycles. The van der Waals surface area contributed by atoms with Crippen LogP contribution in [-0.2, 0) is 13.0 Å². The number of aliphatic hydroxyl groups is 1. The zero-order valence-corrected chi connectivity index (χ0v) is 12.5. The van der Waals surface area contributed by atoms with Gasteiger partial charge in [0.25, 0.3) is 5.69 Å². The first-order chi connectivity index (χ1) is 9.95. The minimum atomic E-state index is -0.478. The Morgan fingerprint density at radius 3 is 2.67 bits per heavy atom. The average molecular weight is 310 g/mol. The third kappa shape index (κ3) is 3.06. The van der Waals surface area contributed by atoms with Gasteiger partial charge in [-0.25, -0.2) is 4.68 Å². The van der Waals surface area contributed by atoms with Gasteiger partial charge < -0.3 is 5.11 Å². The van der Waals surface area contributed by atoms with Crippen LogP contribution in [0.4, 0.5) is 5.69 Å². The molecule has 2 aromatic rings. The minimum absolute atomic E-state index is 0.0810. The summed E-state index contributed by atoms with van der Waals surface area (Å²) in [5.74, 6) is 0.334. The van der Waals surface area contributed by atoms with Gasteiger partial charge in [0.1, 0.15) is 10.8 Å². The first-order valence-electron chi connectivity index (χ1n) is 6.56. The van der Waals surface area contributed by atoms with Gasteiger partial charge in [-0.3, -0.25) is 10.1 Å². The third-order valence-electron chi connectivity index (χ3n) is 3.07. The number of nitrogens with zero attached hydrogens (tertiary/aromatic N) is 3. The molecule has 0 aliphatic carbocycles. The number of hydrogen-bond acceptors (Lipinski definition) is 4. The van der Waals surface area contributed by atoms with Gasteiger partial charge in [0.15, 0.2) is 0 Å². The molecular formula is C14H16ClN3O3. The maximum absolute atomic E-state index is 11.1. The molecule has 0 bridgehead atoms. The number of halogens is 1. The normalized spacial score (nSPS) is 11.1. The van der Waals surface area contributed by atoms with E-state index in [0.717, 1.165) is 0 Å². The average Bonchev–Trinajstić information content (AvgIpc) is 2.74. The van der Waals surface area contributed by atoms with Crippen molar-refractivity contribution in [2.45, 2.75) is 26.9 Å². The summed E-state index contributed by atoms with van der Waals surface area (Å²) in [5, 5.41) is 25.2. The molecule has 0 aliphatic rings. The molecule has 6 nitrogen and oxygen atoms in total. The van der Waals surface area contributed by atoms with Crippen LogP contribution in [-0.4, -0.2) is 19.8 Å². The predicted molar refractivity (Wildman–Crippen MR) is 79.7 cm³/mol. The van der Waals surface area contributed by atoms with Crippen LogP contribution in [0.2, 0.25) is 5.15 Å². The predicted octanol–water partition coefficient (Wildman–Crippen LogP) is 3.12. The summed E-state index contributed by atoms with van der Waals surface area (Å²) < 4.78 is 1.32. The van der Waals surface area contributed by atoms with E-state index in [4.69, 9.17) is 11.6 Å². The van der Waals surface area contributed by atoms with Crippen LogP contribution in [0.3, 0.4) is 0 Å². The summed E-state index contributed by atoms with van der Waals surface area (Å²) >= 11 is 6.24. The molecule has 0 atom stereocenters. The van der Waals surface area contributed by atoms with Crippen LogP contribution in [0.5, 0.6) is 0 Å². The molecular weight excluding hydrogens is 294 g/mol. The zero-order valence-electron chi connectivity index (χ0n) is 11.8. The quantitative estimate of drug-likeness (QED) is 0.679. The Bertz CT molecular complexity index is 667. The van der Waals surface area contributed by atoms with Crippen LogP contribution in [0.25, 0.3) is 5.69 Å². The molecule has 1 aromatic heterocycles. The van der Waals surface area contributed by atoms with Crippen molar-refractivity contribution in [3.63, 3.8) is 0 Å². The van der Waals surface area contributed by atoms with E-state index in [1.807, 2.05) is 13.8 Å². The van der Waals surface area contributed by atoms with E-state index in [9.17, 15) is 15.2 Å². The molecule has 7 heteroatoms. The highest BCUT2D eigenvalue weighted by molar-refractivity contribution is 6.30. The molecule has 1 heterocycles. The van der Waals surface area contributed by atoms with Gasteiger partial charge in [0.2, 0.25) is 0 Å². The number of nitro benzene ring substituents is 1. The maximum atomic E-state index is 11.1. The van der Waals surface area contributed by atoms with Crippen LogP contribution < -0.4 is 0 Å². The summed E-state index contributed by atoms with van der Waals surface area (Å²) in [6, 6.07) is 6.24. The Balaban J connectivity index is 2.60. The summed E-state index contributed by atoms with van der Waals surface area (Å²) in [4.78, 5) is 10.6. The standard InChI is InChI=1S/C14H16ClN3O3/c1-9(2)7-11-10(8-19)14(15)17(16-11)12-5-3-4-6-13(12)18(20)21/h3-6,9,19H,7-8H2,1-2H3. The van der Waals surface area contributed by atoms with Crippen molar-refractivity contribution < 1.29 is 10.0 Å². The fraction of sp³-hybridized carbons (Fsp3) is 0.357. The van der Waals surface area contributed by atoms with E-state index in [1.54, 1.807) is 18.2 Å². The molecule has 2 rings (SSSR count). The summed E-state index contributed by atoms with van der Waals surface area (Å²) in [6.07, 6.45) is 0.642. The van der Waals surface area contributed by atoms with Crippen molar-refractivity contribution in [3.8, 4) is 5.69 Å². The molecule has 0 saturated heterocycles. The molecule has 1 N–H and O–H groups in total. The second-order valence-corrected chi connectivity index (χ2v) is 5.49. The second-order valence-electron chi connectivity index (χ2n) is 5.13. The SMILES string of the molecule is CC(C)Cc1nn(-c2ccccc2[N+](=O)[O-])c(Cl)c1CO. The zero-order chi connectivity index (χ0) is 15.6. The van der Waals surface area contributed by atoms with Crippen molar-refractivity contribution in [2.24, 2.45) is 5.92 Å².